The van der Waals surface area contributed by atoms with E-state index in [1.54, 1.807) is 0 Å². The van der Waals surface area contributed by atoms with E-state index < -0.39 is 0 Å². The fourth-order valence-electron chi connectivity index (χ4n) is 2.73. The largest absolute Gasteiger partial charge is 0.388 e. The van der Waals surface area contributed by atoms with Crippen LogP contribution in [0.4, 0.5) is 5.69 Å². The molecule has 0 aliphatic carbocycles. The quantitative estimate of drug-likeness (QED) is 0.689. The summed E-state index contributed by atoms with van der Waals surface area (Å²) in [6, 6.07) is 13.0. The maximum absolute atomic E-state index is 3.33. The molecule has 0 saturated carbocycles. The highest BCUT2D eigenvalue weighted by molar-refractivity contribution is 5.98. The normalized spacial score (nSPS) is 10.9. The van der Waals surface area contributed by atoms with E-state index in [4.69, 9.17) is 0 Å². The predicted molar refractivity (Wildman–Crippen MR) is 82.8 cm³/mol. The van der Waals surface area contributed by atoms with Crippen molar-refractivity contribution in [1.82, 2.24) is 4.98 Å². The van der Waals surface area contributed by atoms with Gasteiger partial charge in [0.15, 0.2) is 0 Å². The van der Waals surface area contributed by atoms with Crippen LogP contribution in [0.15, 0.2) is 42.6 Å². The summed E-state index contributed by atoms with van der Waals surface area (Å²) in [5.41, 5.74) is 7.56. The van der Waals surface area contributed by atoms with Crippen LogP contribution in [0.5, 0.6) is 0 Å². The van der Waals surface area contributed by atoms with E-state index in [1.165, 1.54) is 38.8 Å². The molecule has 0 atom stereocenters. The number of aromatic amines is 1. The van der Waals surface area contributed by atoms with Crippen molar-refractivity contribution in [2.45, 2.75) is 13.8 Å². The average molecular weight is 250 g/mol. The van der Waals surface area contributed by atoms with Crippen LogP contribution < -0.4 is 5.32 Å². The molecule has 0 bridgehead atoms. The zero-order valence-electron chi connectivity index (χ0n) is 11.5. The first-order chi connectivity index (χ1) is 9.22. The first-order valence-corrected chi connectivity index (χ1v) is 6.57. The van der Waals surface area contributed by atoms with Crippen LogP contribution >= 0.6 is 0 Å². The van der Waals surface area contributed by atoms with Crippen molar-refractivity contribution in [2.75, 3.05) is 12.4 Å². The highest BCUT2D eigenvalue weighted by Gasteiger charge is 2.10. The summed E-state index contributed by atoms with van der Waals surface area (Å²) in [6.07, 6.45) is 2.01. The smallest absolute Gasteiger partial charge is 0.0489 e. The van der Waals surface area contributed by atoms with Crippen molar-refractivity contribution >= 4 is 16.6 Å². The van der Waals surface area contributed by atoms with Gasteiger partial charge in [-0.15, -0.1) is 0 Å². The lowest BCUT2D eigenvalue weighted by Crippen LogP contribution is -1.94. The third-order valence-corrected chi connectivity index (χ3v) is 3.82. The summed E-state index contributed by atoms with van der Waals surface area (Å²) in [7, 11) is 1.97. The summed E-state index contributed by atoms with van der Waals surface area (Å²) in [5, 5.41) is 4.54. The van der Waals surface area contributed by atoms with Gasteiger partial charge in [0.2, 0.25) is 0 Å². The van der Waals surface area contributed by atoms with Gasteiger partial charge < -0.3 is 10.3 Å². The molecular weight excluding hydrogens is 232 g/mol. The second kappa shape index (κ2) is 4.47. The maximum atomic E-state index is 3.33. The Labute approximate surface area is 113 Å². The van der Waals surface area contributed by atoms with Gasteiger partial charge in [-0.25, -0.2) is 0 Å². The molecule has 2 aromatic carbocycles. The number of H-pyrrole nitrogens is 1. The Bertz CT molecular complexity index is 738. The van der Waals surface area contributed by atoms with Crippen molar-refractivity contribution in [2.24, 2.45) is 0 Å². The minimum absolute atomic E-state index is 1.18. The van der Waals surface area contributed by atoms with Gasteiger partial charge in [0.1, 0.15) is 0 Å². The average Bonchev–Trinajstić information content (AvgIpc) is 2.90. The number of hydrogen-bond acceptors (Lipinski definition) is 1. The number of anilines is 1. The molecule has 0 saturated heterocycles. The van der Waals surface area contributed by atoms with Crippen LogP contribution in [0, 0.1) is 13.8 Å². The number of nitrogens with one attached hydrogen (secondary N) is 2. The highest BCUT2D eigenvalue weighted by Crippen LogP contribution is 2.34. The van der Waals surface area contributed by atoms with Crippen LogP contribution in [-0.4, -0.2) is 12.0 Å². The van der Waals surface area contributed by atoms with Gasteiger partial charge in [-0.2, -0.15) is 0 Å². The Hall–Kier alpha value is -2.22. The van der Waals surface area contributed by atoms with Crippen molar-refractivity contribution in [3.63, 3.8) is 0 Å². The topological polar surface area (TPSA) is 27.8 Å². The van der Waals surface area contributed by atoms with Gasteiger partial charge in [-0.1, -0.05) is 24.3 Å². The summed E-state index contributed by atoms with van der Waals surface area (Å²) in [5.74, 6) is 0. The van der Waals surface area contributed by atoms with Crippen LogP contribution in [-0.2, 0) is 0 Å². The highest BCUT2D eigenvalue weighted by atomic mass is 14.8. The summed E-state index contributed by atoms with van der Waals surface area (Å²) >= 11 is 0. The number of benzene rings is 2. The van der Waals surface area contributed by atoms with E-state index in [-0.39, 0.29) is 0 Å². The molecule has 2 nitrogen and oxygen atoms in total. The Kier molecular flexibility index (Phi) is 2.79. The summed E-state index contributed by atoms with van der Waals surface area (Å²) in [4.78, 5) is 3.33. The molecule has 0 fully saturated rings. The van der Waals surface area contributed by atoms with E-state index in [0.717, 1.165) is 0 Å². The number of aromatic nitrogens is 1. The third-order valence-electron chi connectivity index (χ3n) is 3.82. The minimum atomic E-state index is 1.18. The van der Waals surface area contributed by atoms with Gasteiger partial charge in [0.25, 0.3) is 0 Å². The van der Waals surface area contributed by atoms with Crippen LogP contribution in [0.2, 0.25) is 0 Å². The number of hydrogen-bond donors (Lipinski definition) is 2. The molecule has 0 unspecified atom stereocenters. The van der Waals surface area contributed by atoms with Gasteiger partial charge in [0, 0.05) is 29.8 Å². The summed E-state index contributed by atoms with van der Waals surface area (Å²) < 4.78 is 0. The van der Waals surface area contributed by atoms with E-state index in [0.29, 0.717) is 0 Å². The lowest BCUT2D eigenvalue weighted by atomic mass is 9.95. The fourth-order valence-corrected chi connectivity index (χ4v) is 2.73. The van der Waals surface area contributed by atoms with E-state index in [2.05, 4.69) is 60.5 Å². The molecule has 3 rings (SSSR count). The number of rotatable bonds is 2. The molecular formula is C17H18N2. The molecule has 0 aliphatic heterocycles. The monoisotopic (exact) mass is 250 g/mol. The van der Waals surface area contributed by atoms with Gasteiger partial charge in [-0.05, 0) is 48.2 Å². The molecule has 1 heterocycles. The second-order valence-electron chi connectivity index (χ2n) is 4.92. The van der Waals surface area contributed by atoms with Gasteiger partial charge in [-0.3, -0.25) is 0 Å². The third kappa shape index (κ3) is 1.80. The molecule has 0 spiro atoms. The Balaban J connectivity index is 2.31. The Morgan fingerprint density at radius 3 is 2.58 bits per heavy atom. The molecule has 2 heteroatoms. The Morgan fingerprint density at radius 1 is 0.947 bits per heavy atom. The molecule has 0 aliphatic rings. The Morgan fingerprint density at radius 2 is 1.79 bits per heavy atom. The van der Waals surface area contributed by atoms with Crippen molar-refractivity contribution in [1.29, 1.82) is 0 Å². The maximum Gasteiger partial charge on any atom is 0.0489 e. The van der Waals surface area contributed by atoms with Crippen molar-refractivity contribution in [3.8, 4) is 11.1 Å². The summed E-state index contributed by atoms with van der Waals surface area (Å²) in [6.45, 7) is 4.30. The van der Waals surface area contributed by atoms with E-state index in [9.17, 15) is 0 Å². The van der Waals surface area contributed by atoms with Gasteiger partial charge >= 0.3 is 0 Å². The zero-order chi connectivity index (χ0) is 13.4. The van der Waals surface area contributed by atoms with E-state index in [1.807, 2.05) is 13.2 Å². The molecule has 96 valence electrons. The molecule has 19 heavy (non-hydrogen) atoms. The number of aryl methyl sites for hydroxylation is 1. The first-order valence-electron chi connectivity index (χ1n) is 6.57. The lowest BCUT2D eigenvalue weighted by Gasteiger charge is -2.12. The molecule has 0 radical (unpaired) electrons. The van der Waals surface area contributed by atoms with Crippen LogP contribution in [0.1, 0.15) is 11.1 Å². The van der Waals surface area contributed by atoms with Crippen molar-refractivity contribution < 1.29 is 0 Å². The van der Waals surface area contributed by atoms with E-state index >= 15 is 0 Å². The standard InChI is InChI=1S/C17H18N2/c1-11-7-8-14(15-9-10-19-17(11)15)13-5-4-6-16(18-3)12(13)2/h4-10,18-19H,1-3H3. The fraction of sp³-hybridized carbons (Fsp3) is 0.176. The zero-order valence-corrected chi connectivity index (χ0v) is 11.5. The van der Waals surface area contributed by atoms with Crippen molar-refractivity contribution in [3.05, 3.63) is 53.7 Å². The molecule has 1 aromatic heterocycles. The number of fused-ring (bicyclic) bond motifs is 1. The SMILES string of the molecule is CNc1cccc(-c2ccc(C)c3[nH]ccc23)c1C. The van der Waals surface area contributed by atoms with Gasteiger partial charge in [0.05, 0.1) is 0 Å². The second-order valence-corrected chi connectivity index (χ2v) is 4.92. The lowest BCUT2D eigenvalue weighted by molar-refractivity contribution is 1.39. The molecule has 0 amide bonds. The predicted octanol–water partition coefficient (Wildman–Crippen LogP) is 4.49. The minimum Gasteiger partial charge on any atom is -0.388 e. The first kappa shape index (κ1) is 11.8. The molecule has 3 aromatic rings. The molecule has 2 N–H and O–H groups in total. The van der Waals surface area contributed by atoms with Crippen LogP contribution in [0.25, 0.3) is 22.0 Å². The van der Waals surface area contributed by atoms with Crippen LogP contribution in [0.3, 0.4) is 0 Å².